The number of anilines is 1. The van der Waals surface area contributed by atoms with Crippen LogP contribution in [0.1, 0.15) is 18.3 Å². The summed E-state index contributed by atoms with van der Waals surface area (Å²) < 4.78 is 0. The van der Waals surface area contributed by atoms with Gasteiger partial charge >= 0.3 is 0 Å². The van der Waals surface area contributed by atoms with Crippen LogP contribution in [-0.4, -0.2) is 21.8 Å². The molecule has 1 aliphatic heterocycles. The van der Waals surface area contributed by atoms with Crippen molar-refractivity contribution >= 4 is 61.9 Å². The molecule has 0 bridgehead atoms. The zero-order valence-corrected chi connectivity index (χ0v) is 17.6. The highest BCUT2D eigenvalue weighted by molar-refractivity contribution is 7.18. The summed E-state index contributed by atoms with van der Waals surface area (Å²) in [6.45, 7) is 1.63. The van der Waals surface area contributed by atoms with Crippen LogP contribution < -0.4 is 10.6 Å². The van der Waals surface area contributed by atoms with Crippen LogP contribution in [0, 0.1) is 0 Å². The Morgan fingerprint density at radius 1 is 1.07 bits per heavy atom. The standard InChI is InChI=1S/C20H14N4O2S3/c1-10-16(19(26)24-18(10)25)23-17-15-12(13-3-2-5-28-13)9-29-20(15)22-14(21-17)7-11-4-6-27-8-11/h2-6,8-9H,7H2,1H3,(H2,21,22,23,24,25,26). The number of aromatic nitrogens is 2. The van der Waals surface area contributed by atoms with Crippen molar-refractivity contribution in [3.05, 3.63) is 62.4 Å². The molecule has 0 radical (unpaired) electrons. The number of imide groups is 1. The van der Waals surface area contributed by atoms with Gasteiger partial charge in [0.1, 0.15) is 22.2 Å². The predicted molar refractivity (Wildman–Crippen MR) is 117 cm³/mol. The molecule has 0 saturated carbocycles. The van der Waals surface area contributed by atoms with E-state index in [0.717, 1.165) is 26.2 Å². The topological polar surface area (TPSA) is 84.0 Å². The van der Waals surface area contributed by atoms with Gasteiger partial charge in [0.05, 0.1) is 5.39 Å². The Kier molecular flexibility index (Phi) is 4.50. The molecule has 29 heavy (non-hydrogen) atoms. The number of hydrogen-bond acceptors (Lipinski definition) is 8. The van der Waals surface area contributed by atoms with Gasteiger partial charge in [0, 0.05) is 27.8 Å². The fourth-order valence-electron chi connectivity index (χ4n) is 3.16. The molecule has 144 valence electrons. The van der Waals surface area contributed by atoms with Crippen LogP contribution in [0.4, 0.5) is 5.82 Å². The van der Waals surface area contributed by atoms with E-state index < -0.39 is 5.91 Å². The molecule has 2 amide bonds. The summed E-state index contributed by atoms with van der Waals surface area (Å²) in [5.41, 5.74) is 2.75. The maximum atomic E-state index is 12.2. The number of fused-ring (bicyclic) bond motifs is 1. The van der Waals surface area contributed by atoms with Gasteiger partial charge in [-0.25, -0.2) is 9.97 Å². The van der Waals surface area contributed by atoms with Gasteiger partial charge in [-0.15, -0.1) is 22.7 Å². The second-order valence-corrected chi connectivity index (χ2v) is 9.10. The van der Waals surface area contributed by atoms with E-state index in [4.69, 9.17) is 9.97 Å². The van der Waals surface area contributed by atoms with Crippen LogP contribution in [0.25, 0.3) is 20.7 Å². The quantitative estimate of drug-likeness (QED) is 0.451. The molecular formula is C20H14N4O2S3. The van der Waals surface area contributed by atoms with Gasteiger partial charge in [-0.05, 0) is 40.8 Å². The summed E-state index contributed by atoms with van der Waals surface area (Å²) >= 11 is 4.81. The second kappa shape index (κ2) is 7.18. The van der Waals surface area contributed by atoms with Crippen molar-refractivity contribution < 1.29 is 9.59 Å². The number of nitrogens with zero attached hydrogens (tertiary/aromatic N) is 2. The van der Waals surface area contributed by atoms with Gasteiger partial charge in [-0.3, -0.25) is 14.9 Å². The van der Waals surface area contributed by atoms with Crippen LogP contribution in [0.2, 0.25) is 0 Å². The molecule has 5 rings (SSSR count). The van der Waals surface area contributed by atoms with Crippen LogP contribution >= 0.6 is 34.0 Å². The summed E-state index contributed by atoms with van der Waals surface area (Å²) in [6.07, 6.45) is 0.601. The van der Waals surface area contributed by atoms with Crippen molar-refractivity contribution in [3.63, 3.8) is 0 Å². The molecule has 0 atom stereocenters. The SMILES string of the molecule is CC1=C(Nc2nc(Cc3ccsc3)nc3scc(-c4cccs4)c23)C(=O)NC1=O. The number of rotatable bonds is 5. The van der Waals surface area contributed by atoms with E-state index in [2.05, 4.69) is 21.4 Å². The summed E-state index contributed by atoms with van der Waals surface area (Å²) in [6, 6.07) is 6.09. The Morgan fingerprint density at radius 3 is 2.66 bits per heavy atom. The largest absolute Gasteiger partial charge is 0.335 e. The summed E-state index contributed by atoms with van der Waals surface area (Å²) in [7, 11) is 0. The monoisotopic (exact) mass is 438 g/mol. The lowest BCUT2D eigenvalue weighted by Gasteiger charge is -2.10. The maximum Gasteiger partial charge on any atom is 0.275 e. The Bertz CT molecular complexity index is 1270. The minimum Gasteiger partial charge on any atom is -0.335 e. The first-order valence-corrected chi connectivity index (χ1v) is 11.5. The number of nitrogens with one attached hydrogen (secondary N) is 2. The van der Waals surface area contributed by atoms with Crippen LogP contribution in [0.5, 0.6) is 0 Å². The highest BCUT2D eigenvalue weighted by Gasteiger charge is 2.28. The summed E-state index contributed by atoms with van der Waals surface area (Å²) in [5, 5.41) is 14.5. The molecule has 0 saturated heterocycles. The van der Waals surface area contributed by atoms with E-state index in [1.54, 1.807) is 40.9 Å². The van der Waals surface area contributed by atoms with Gasteiger partial charge in [0.25, 0.3) is 11.8 Å². The van der Waals surface area contributed by atoms with Crippen molar-refractivity contribution in [2.75, 3.05) is 5.32 Å². The average molecular weight is 439 g/mol. The molecule has 4 aromatic heterocycles. The number of thiophene rings is 3. The Hall–Kier alpha value is -2.88. The van der Waals surface area contributed by atoms with Crippen molar-refractivity contribution in [2.45, 2.75) is 13.3 Å². The zero-order valence-electron chi connectivity index (χ0n) is 15.2. The molecule has 4 aromatic rings. The molecule has 2 N–H and O–H groups in total. The van der Waals surface area contributed by atoms with Crippen LogP contribution in [0.3, 0.4) is 0 Å². The molecule has 0 fully saturated rings. The van der Waals surface area contributed by atoms with Gasteiger partial charge in [0.2, 0.25) is 0 Å². The Labute approximate surface area is 178 Å². The number of amides is 2. The minimum absolute atomic E-state index is 0.236. The van der Waals surface area contributed by atoms with E-state index in [9.17, 15) is 9.59 Å². The van der Waals surface area contributed by atoms with Crippen molar-refractivity contribution in [1.82, 2.24) is 15.3 Å². The molecule has 0 aliphatic carbocycles. The lowest BCUT2D eigenvalue weighted by atomic mass is 10.1. The highest BCUT2D eigenvalue weighted by atomic mass is 32.1. The number of carbonyl (C=O) groups is 2. The second-order valence-electron chi connectivity index (χ2n) is 6.51. The maximum absolute atomic E-state index is 12.2. The highest BCUT2D eigenvalue weighted by Crippen LogP contribution is 2.39. The lowest BCUT2D eigenvalue weighted by molar-refractivity contribution is -0.124. The first kappa shape index (κ1) is 18.2. The molecule has 1 aliphatic rings. The van der Waals surface area contributed by atoms with Gasteiger partial charge in [-0.1, -0.05) is 6.07 Å². The molecular weight excluding hydrogens is 424 g/mol. The molecule has 0 aromatic carbocycles. The van der Waals surface area contributed by atoms with Crippen molar-refractivity contribution in [2.24, 2.45) is 0 Å². The van der Waals surface area contributed by atoms with Crippen LogP contribution in [0.15, 0.2) is 51.0 Å². The van der Waals surface area contributed by atoms with Gasteiger partial charge < -0.3 is 5.32 Å². The third kappa shape index (κ3) is 3.27. The van der Waals surface area contributed by atoms with E-state index in [0.29, 0.717) is 23.6 Å². The fraction of sp³-hybridized carbons (Fsp3) is 0.100. The number of hydrogen-bond donors (Lipinski definition) is 2. The summed E-state index contributed by atoms with van der Waals surface area (Å²) in [5.74, 6) is 0.390. The average Bonchev–Trinajstić information content (AvgIpc) is 3.47. The zero-order chi connectivity index (χ0) is 20.0. The fourth-order valence-corrected chi connectivity index (χ4v) is 5.61. The smallest absolute Gasteiger partial charge is 0.275 e. The van der Waals surface area contributed by atoms with Crippen molar-refractivity contribution in [3.8, 4) is 10.4 Å². The minimum atomic E-state index is -0.438. The van der Waals surface area contributed by atoms with Gasteiger partial charge in [-0.2, -0.15) is 11.3 Å². The normalized spacial score (nSPS) is 14.1. The van der Waals surface area contributed by atoms with Gasteiger partial charge in [0.15, 0.2) is 0 Å². The van der Waals surface area contributed by atoms with E-state index >= 15 is 0 Å². The first-order valence-electron chi connectivity index (χ1n) is 8.77. The Balaban J connectivity index is 1.66. The third-order valence-corrected chi connectivity index (χ3v) is 7.13. The summed E-state index contributed by atoms with van der Waals surface area (Å²) in [4.78, 5) is 35.6. The predicted octanol–water partition coefficient (Wildman–Crippen LogP) is 4.41. The third-order valence-electron chi connectivity index (χ3n) is 4.62. The lowest BCUT2D eigenvalue weighted by Crippen LogP contribution is -2.24. The molecule has 9 heteroatoms. The molecule has 5 heterocycles. The van der Waals surface area contributed by atoms with Crippen LogP contribution in [-0.2, 0) is 16.0 Å². The molecule has 0 spiro atoms. The van der Waals surface area contributed by atoms with E-state index in [-0.39, 0.29) is 11.6 Å². The Morgan fingerprint density at radius 2 is 1.97 bits per heavy atom. The van der Waals surface area contributed by atoms with E-state index in [1.807, 2.05) is 29.0 Å². The van der Waals surface area contributed by atoms with Crippen molar-refractivity contribution in [1.29, 1.82) is 0 Å². The first-order chi connectivity index (χ1) is 14.1. The number of carbonyl (C=O) groups excluding carboxylic acids is 2. The molecule has 0 unspecified atom stereocenters. The molecule has 6 nitrogen and oxygen atoms in total. The van der Waals surface area contributed by atoms with E-state index in [1.165, 1.54) is 0 Å².